The Bertz CT molecular complexity index is 449. The average molecular weight is 306 g/mol. The third-order valence-corrected chi connectivity index (χ3v) is 4.67. The minimum atomic E-state index is 0.107. The van der Waals surface area contributed by atoms with Crippen LogP contribution >= 0.6 is 38.9 Å². The van der Waals surface area contributed by atoms with E-state index in [1.54, 1.807) is 11.3 Å². The maximum atomic E-state index is 5.89. The smallest absolute Gasteiger partial charge is 0.123 e. The van der Waals surface area contributed by atoms with Gasteiger partial charge in [-0.05, 0) is 24.3 Å². The molecule has 0 aliphatic carbocycles. The molecule has 0 spiro atoms. The molecular weight excluding hydrogens is 296 g/mol. The second-order valence-electron chi connectivity index (χ2n) is 3.16. The van der Waals surface area contributed by atoms with Crippen molar-refractivity contribution in [3.8, 4) is 0 Å². The fraction of sp³-hybridized carbons (Fsp3) is 0.273. The molecule has 0 N–H and O–H groups in total. The van der Waals surface area contributed by atoms with Crippen molar-refractivity contribution < 1.29 is 4.42 Å². The highest BCUT2D eigenvalue weighted by Gasteiger charge is 2.16. The molecular formula is C11H10BrClOS. The highest BCUT2D eigenvalue weighted by molar-refractivity contribution is 9.09. The summed E-state index contributed by atoms with van der Waals surface area (Å²) in [5.74, 6) is 1.95. The van der Waals surface area contributed by atoms with Gasteiger partial charge in [-0.15, -0.1) is 11.3 Å². The molecule has 0 amide bonds. The largest absolute Gasteiger partial charge is 0.465 e. The van der Waals surface area contributed by atoms with Gasteiger partial charge in [0.1, 0.15) is 16.3 Å². The van der Waals surface area contributed by atoms with E-state index < -0.39 is 0 Å². The second-order valence-corrected chi connectivity index (χ2v) is 5.82. The molecule has 1 unspecified atom stereocenters. The molecule has 0 radical (unpaired) electrons. The highest BCUT2D eigenvalue weighted by atomic mass is 79.9. The SMILES string of the molecule is CCc1ccc(C(Br)c2ccc(Cl)s2)o1. The van der Waals surface area contributed by atoms with Crippen molar-refractivity contribution >= 4 is 38.9 Å². The summed E-state index contributed by atoms with van der Waals surface area (Å²) in [6.45, 7) is 2.08. The summed E-state index contributed by atoms with van der Waals surface area (Å²) in [6.07, 6.45) is 0.922. The zero-order valence-electron chi connectivity index (χ0n) is 8.17. The predicted molar refractivity (Wildman–Crippen MR) is 68.2 cm³/mol. The van der Waals surface area contributed by atoms with E-state index in [1.807, 2.05) is 24.3 Å². The minimum absolute atomic E-state index is 0.107. The van der Waals surface area contributed by atoms with Crippen molar-refractivity contribution in [3.63, 3.8) is 0 Å². The van der Waals surface area contributed by atoms with Gasteiger partial charge in [-0.1, -0.05) is 34.5 Å². The fourth-order valence-corrected chi connectivity index (χ4v) is 3.05. The van der Waals surface area contributed by atoms with Crippen molar-refractivity contribution in [2.75, 3.05) is 0 Å². The summed E-state index contributed by atoms with van der Waals surface area (Å²) < 4.78 is 6.48. The number of hydrogen-bond donors (Lipinski definition) is 0. The minimum Gasteiger partial charge on any atom is -0.465 e. The standard InChI is InChI=1S/C11H10BrClOS/c1-2-7-3-4-8(14-7)11(12)9-5-6-10(13)15-9/h3-6,11H,2H2,1H3. The van der Waals surface area contributed by atoms with E-state index >= 15 is 0 Å². The Morgan fingerprint density at radius 1 is 1.40 bits per heavy atom. The van der Waals surface area contributed by atoms with E-state index in [9.17, 15) is 0 Å². The number of hydrogen-bond acceptors (Lipinski definition) is 2. The van der Waals surface area contributed by atoms with E-state index in [-0.39, 0.29) is 4.83 Å². The van der Waals surface area contributed by atoms with Crippen LogP contribution < -0.4 is 0 Å². The summed E-state index contributed by atoms with van der Waals surface area (Å²) in [4.78, 5) is 1.27. The average Bonchev–Trinajstić information content (AvgIpc) is 2.84. The monoisotopic (exact) mass is 304 g/mol. The zero-order valence-corrected chi connectivity index (χ0v) is 11.3. The summed E-state index contributed by atoms with van der Waals surface area (Å²) in [5.41, 5.74) is 0. The van der Waals surface area contributed by atoms with Crippen molar-refractivity contribution in [1.29, 1.82) is 0 Å². The Hall–Kier alpha value is -0.250. The lowest BCUT2D eigenvalue weighted by Gasteiger charge is -2.02. The number of thiophene rings is 1. The molecule has 0 aliphatic rings. The van der Waals surface area contributed by atoms with Crippen LogP contribution in [-0.4, -0.2) is 0 Å². The molecule has 15 heavy (non-hydrogen) atoms. The fourth-order valence-electron chi connectivity index (χ4n) is 1.33. The normalized spacial score (nSPS) is 13.0. The van der Waals surface area contributed by atoms with E-state index in [2.05, 4.69) is 22.9 Å². The number of halogens is 2. The Morgan fingerprint density at radius 2 is 2.20 bits per heavy atom. The van der Waals surface area contributed by atoms with Gasteiger partial charge in [-0.3, -0.25) is 0 Å². The molecule has 4 heteroatoms. The van der Waals surface area contributed by atoms with Gasteiger partial charge < -0.3 is 4.42 Å². The molecule has 0 aromatic carbocycles. The first-order valence-corrected chi connectivity index (χ1v) is 6.79. The third kappa shape index (κ3) is 2.47. The van der Waals surface area contributed by atoms with Crippen molar-refractivity contribution in [3.05, 3.63) is 45.0 Å². The topological polar surface area (TPSA) is 13.1 Å². The Labute approximate surface area is 106 Å². The van der Waals surface area contributed by atoms with Crippen LogP contribution in [0.3, 0.4) is 0 Å². The Balaban J connectivity index is 2.23. The number of furan rings is 1. The Kier molecular flexibility index (Phi) is 3.54. The highest BCUT2D eigenvalue weighted by Crippen LogP contribution is 2.37. The van der Waals surface area contributed by atoms with Gasteiger partial charge in [-0.25, -0.2) is 0 Å². The molecule has 0 saturated heterocycles. The molecule has 2 aromatic rings. The molecule has 2 aromatic heterocycles. The van der Waals surface area contributed by atoms with Gasteiger partial charge in [0.25, 0.3) is 0 Å². The third-order valence-electron chi connectivity index (χ3n) is 2.12. The van der Waals surface area contributed by atoms with Crippen LogP contribution in [-0.2, 0) is 6.42 Å². The first kappa shape index (κ1) is 11.2. The first-order chi connectivity index (χ1) is 7.20. The molecule has 2 rings (SSSR count). The number of aryl methyl sites for hydroxylation is 1. The van der Waals surface area contributed by atoms with Crippen LogP contribution in [0, 0.1) is 0 Å². The molecule has 0 saturated carbocycles. The van der Waals surface area contributed by atoms with Gasteiger partial charge >= 0.3 is 0 Å². The van der Waals surface area contributed by atoms with E-state index in [0.717, 1.165) is 27.2 Å². The zero-order chi connectivity index (χ0) is 10.8. The van der Waals surface area contributed by atoms with Crippen molar-refractivity contribution in [2.24, 2.45) is 0 Å². The molecule has 80 valence electrons. The lowest BCUT2D eigenvalue weighted by Crippen LogP contribution is -1.85. The van der Waals surface area contributed by atoms with E-state index in [4.69, 9.17) is 16.0 Å². The van der Waals surface area contributed by atoms with Crippen LogP contribution in [0.25, 0.3) is 0 Å². The van der Waals surface area contributed by atoms with Gasteiger partial charge in [-0.2, -0.15) is 0 Å². The summed E-state index contributed by atoms with van der Waals surface area (Å²) in [6, 6.07) is 7.94. The second kappa shape index (κ2) is 4.73. The molecule has 1 nitrogen and oxygen atoms in total. The van der Waals surface area contributed by atoms with Gasteiger partial charge in [0.15, 0.2) is 0 Å². The van der Waals surface area contributed by atoms with Crippen LogP contribution in [0.1, 0.15) is 28.1 Å². The van der Waals surface area contributed by atoms with Gasteiger partial charge in [0.2, 0.25) is 0 Å². The molecule has 0 aliphatic heterocycles. The number of rotatable bonds is 3. The lowest BCUT2D eigenvalue weighted by molar-refractivity contribution is 0.478. The molecule has 1 atom stereocenters. The predicted octanol–water partition coefficient (Wildman–Crippen LogP) is 5.04. The molecule has 0 fully saturated rings. The van der Waals surface area contributed by atoms with Crippen molar-refractivity contribution in [1.82, 2.24) is 0 Å². The van der Waals surface area contributed by atoms with Gasteiger partial charge in [0.05, 0.1) is 4.34 Å². The van der Waals surface area contributed by atoms with Crippen LogP contribution in [0.2, 0.25) is 4.34 Å². The quantitative estimate of drug-likeness (QED) is 0.724. The van der Waals surface area contributed by atoms with Crippen LogP contribution in [0.5, 0.6) is 0 Å². The van der Waals surface area contributed by atoms with Crippen molar-refractivity contribution in [2.45, 2.75) is 18.2 Å². The Morgan fingerprint density at radius 3 is 2.73 bits per heavy atom. The summed E-state index contributed by atoms with van der Waals surface area (Å²) >= 11 is 11.1. The van der Waals surface area contributed by atoms with Crippen LogP contribution in [0.15, 0.2) is 28.7 Å². The van der Waals surface area contributed by atoms with E-state index in [1.165, 1.54) is 0 Å². The summed E-state index contributed by atoms with van der Waals surface area (Å²) in [5, 5.41) is 0. The maximum Gasteiger partial charge on any atom is 0.123 e. The lowest BCUT2D eigenvalue weighted by atomic mass is 10.3. The maximum absolute atomic E-state index is 5.89. The first-order valence-electron chi connectivity index (χ1n) is 4.68. The summed E-state index contributed by atoms with van der Waals surface area (Å²) in [7, 11) is 0. The van der Waals surface area contributed by atoms with E-state index in [0.29, 0.717) is 0 Å². The molecule has 2 heterocycles. The number of alkyl halides is 1. The molecule has 0 bridgehead atoms. The van der Waals surface area contributed by atoms with Gasteiger partial charge in [0, 0.05) is 11.3 Å². The van der Waals surface area contributed by atoms with Crippen LogP contribution in [0.4, 0.5) is 0 Å².